The molecule has 3 nitrogen and oxygen atoms in total. The summed E-state index contributed by atoms with van der Waals surface area (Å²) in [5.74, 6) is 1.30. The van der Waals surface area contributed by atoms with Gasteiger partial charge in [-0.05, 0) is 31.7 Å². The van der Waals surface area contributed by atoms with Gasteiger partial charge in [0.2, 0.25) is 0 Å². The average Bonchev–Trinajstić information content (AvgIpc) is 2.82. The van der Waals surface area contributed by atoms with Crippen LogP contribution in [0.3, 0.4) is 0 Å². The summed E-state index contributed by atoms with van der Waals surface area (Å²) in [7, 11) is 0. The third-order valence-corrected chi connectivity index (χ3v) is 4.59. The van der Waals surface area contributed by atoms with Gasteiger partial charge in [0.05, 0.1) is 5.01 Å². The van der Waals surface area contributed by atoms with Crippen LogP contribution in [-0.4, -0.2) is 24.1 Å². The van der Waals surface area contributed by atoms with Gasteiger partial charge in [-0.1, -0.05) is 13.3 Å². The summed E-state index contributed by atoms with van der Waals surface area (Å²) in [6.07, 6.45) is 6.93. The van der Waals surface area contributed by atoms with E-state index in [1.807, 2.05) is 11.6 Å². The number of nitrogens with zero attached hydrogens (tertiary/aromatic N) is 1. The molecule has 96 valence electrons. The summed E-state index contributed by atoms with van der Waals surface area (Å²) < 4.78 is 0. The molecule has 0 aromatic carbocycles. The predicted molar refractivity (Wildman–Crippen MR) is 73.3 cm³/mol. The summed E-state index contributed by atoms with van der Waals surface area (Å²) >= 11 is 1.75. The van der Waals surface area contributed by atoms with Gasteiger partial charge >= 0.3 is 0 Å². The molecule has 3 N–H and O–H groups in total. The Balaban J connectivity index is 1.65. The number of nitrogens with one attached hydrogen (secondary N) is 1. The highest BCUT2D eigenvalue weighted by atomic mass is 32.1. The molecule has 0 amide bonds. The van der Waals surface area contributed by atoms with Crippen LogP contribution < -0.4 is 11.1 Å². The van der Waals surface area contributed by atoms with Crippen LogP contribution in [0.15, 0.2) is 11.6 Å². The van der Waals surface area contributed by atoms with Gasteiger partial charge in [-0.25, -0.2) is 4.98 Å². The first-order valence-corrected chi connectivity index (χ1v) is 7.49. The fourth-order valence-electron chi connectivity index (χ4n) is 2.59. The molecule has 1 aromatic heterocycles. The minimum atomic E-state index is 0.437. The number of aromatic nitrogens is 1. The zero-order chi connectivity index (χ0) is 12.1. The molecule has 2 rings (SSSR count). The fourth-order valence-corrected chi connectivity index (χ4v) is 3.29. The standard InChI is InChI=1S/C13H23N3S/c1-10(13-16-5-6-17-13)8-15-9-11-3-2-4-12(14)7-11/h5-6,10-12,15H,2-4,7-9,14H2,1H3. The summed E-state index contributed by atoms with van der Waals surface area (Å²) in [6.45, 7) is 4.38. The number of hydrogen-bond donors (Lipinski definition) is 2. The maximum atomic E-state index is 6.00. The van der Waals surface area contributed by atoms with Gasteiger partial charge in [-0.3, -0.25) is 0 Å². The number of hydrogen-bond acceptors (Lipinski definition) is 4. The maximum Gasteiger partial charge on any atom is 0.0965 e. The number of nitrogens with two attached hydrogens (primary N) is 1. The van der Waals surface area contributed by atoms with Crippen LogP contribution in [0.4, 0.5) is 0 Å². The van der Waals surface area contributed by atoms with Gasteiger partial charge in [-0.2, -0.15) is 0 Å². The molecule has 1 aromatic rings. The Labute approximate surface area is 108 Å². The Hall–Kier alpha value is -0.450. The number of rotatable bonds is 5. The van der Waals surface area contributed by atoms with Gasteiger partial charge in [0, 0.05) is 30.1 Å². The van der Waals surface area contributed by atoms with Crippen molar-refractivity contribution in [1.29, 1.82) is 0 Å². The van der Waals surface area contributed by atoms with Crippen molar-refractivity contribution in [1.82, 2.24) is 10.3 Å². The summed E-state index contributed by atoms with van der Waals surface area (Å²) in [5, 5.41) is 6.86. The largest absolute Gasteiger partial charge is 0.328 e. The van der Waals surface area contributed by atoms with Crippen LogP contribution in [0.2, 0.25) is 0 Å². The molecule has 3 unspecified atom stereocenters. The van der Waals surface area contributed by atoms with Crippen LogP contribution in [0.5, 0.6) is 0 Å². The van der Waals surface area contributed by atoms with Crippen LogP contribution in [-0.2, 0) is 0 Å². The minimum absolute atomic E-state index is 0.437. The molecule has 4 heteroatoms. The molecule has 0 aliphatic heterocycles. The first kappa shape index (κ1) is 13.0. The lowest BCUT2D eigenvalue weighted by molar-refractivity contribution is 0.309. The average molecular weight is 253 g/mol. The highest BCUT2D eigenvalue weighted by Crippen LogP contribution is 2.22. The Morgan fingerprint density at radius 3 is 3.18 bits per heavy atom. The Kier molecular flexibility index (Phi) is 4.95. The van der Waals surface area contributed by atoms with Crippen LogP contribution >= 0.6 is 11.3 Å². The second kappa shape index (κ2) is 6.47. The SMILES string of the molecule is CC(CNCC1CCCC(N)C1)c1nccs1. The highest BCUT2D eigenvalue weighted by Gasteiger charge is 2.19. The van der Waals surface area contributed by atoms with Crippen molar-refractivity contribution >= 4 is 11.3 Å². The smallest absolute Gasteiger partial charge is 0.0965 e. The monoisotopic (exact) mass is 253 g/mol. The van der Waals surface area contributed by atoms with Crippen molar-refractivity contribution in [2.75, 3.05) is 13.1 Å². The minimum Gasteiger partial charge on any atom is -0.328 e. The molecule has 0 bridgehead atoms. The van der Waals surface area contributed by atoms with Gasteiger partial charge in [-0.15, -0.1) is 11.3 Å². The van der Waals surface area contributed by atoms with E-state index in [4.69, 9.17) is 5.73 Å². The predicted octanol–water partition coefficient (Wildman–Crippen LogP) is 2.35. The fraction of sp³-hybridized carbons (Fsp3) is 0.769. The van der Waals surface area contributed by atoms with E-state index in [0.717, 1.165) is 19.0 Å². The lowest BCUT2D eigenvalue weighted by atomic mass is 9.86. The molecule has 0 spiro atoms. The molecule has 1 aliphatic carbocycles. The summed E-state index contributed by atoms with van der Waals surface area (Å²) in [6, 6.07) is 0.437. The number of thiazole rings is 1. The highest BCUT2D eigenvalue weighted by molar-refractivity contribution is 7.09. The Morgan fingerprint density at radius 1 is 1.59 bits per heavy atom. The molecule has 0 radical (unpaired) electrons. The van der Waals surface area contributed by atoms with E-state index < -0.39 is 0 Å². The van der Waals surface area contributed by atoms with Gasteiger partial charge in [0.15, 0.2) is 0 Å². The van der Waals surface area contributed by atoms with Gasteiger partial charge < -0.3 is 11.1 Å². The van der Waals surface area contributed by atoms with Gasteiger partial charge in [0.25, 0.3) is 0 Å². The molecule has 1 fully saturated rings. The Bertz CT molecular complexity index is 312. The van der Waals surface area contributed by atoms with Crippen molar-refractivity contribution in [3.05, 3.63) is 16.6 Å². The van der Waals surface area contributed by atoms with Crippen molar-refractivity contribution in [3.63, 3.8) is 0 Å². The zero-order valence-electron chi connectivity index (χ0n) is 10.6. The van der Waals surface area contributed by atoms with Crippen molar-refractivity contribution in [3.8, 4) is 0 Å². The first-order chi connectivity index (χ1) is 8.25. The van der Waals surface area contributed by atoms with Crippen molar-refractivity contribution < 1.29 is 0 Å². The van der Waals surface area contributed by atoms with Gasteiger partial charge in [0.1, 0.15) is 0 Å². The van der Waals surface area contributed by atoms with E-state index in [9.17, 15) is 0 Å². The zero-order valence-corrected chi connectivity index (χ0v) is 11.4. The topological polar surface area (TPSA) is 50.9 Å². The first-order valence-electron chi connectivity index (χ1n) is 6.61. The van der Waals surface area contributed by atoms with E-state index in [-0.39, 0.29) is 0 Å². The third-order valence-electron chi connectivity index (χ3n) is 3.58. The van der Waals surface area contributed by atoms with Crippen LogP contribution in [0.25, 0.3) is 0 Å². The second-order valence-corrected chi connectivity index (χ2v) is 6.15. The second-order valence-electron chi connectivity index (χ2n) is 5.22. The Morgan fingerprint density at radius 2 is 2.47 bits per heavy atom. The maximum absolute atomic E-state index is 6.00. The lowest BCUT2D eigenvalue weighted by Gasteiger charge is -2.27. The van der Waals surface area contributed by atoms with E-state index in [2.05, 4.69) is 17.2 Å². The lowest BCUT2D eigenvalue weighted by Crippen LogP contribution is -2.34. The van der Waals surface area contributed by atoms with Crippen LogP contribution in [0.1, 0.15) is 43.5 Å². The van der Waals surface area contributed by atoms with E-state index in [0.29, 0.717) is 12.0 Å². The van der Waals surface area contributed by atoms with E-state index in [1.165, 1.54) is 30.7 Å². The molecule has 1 aliphatic rings. The van der Waals surface area contributed by atoms with Crippen molar-refractivity contribution in [2.45, 2.75) is 44.6 Å². The summed E-state index contributed by atoms with van der Waals surface area (Å²) in [4.78, 5) is 4.35. The molecular formula is C13H23N3S. The quantitative estimate of drug-likeness (QED) is 0.847. The van der Waals surface area contributed by atoms with Crippen molar-refractivity contribution in [2.24, 2.45) is 11.7 Å². The molecular weight excluding hydrogens is 230 g/mol. The molecule has 0 saturated heterocycles. The molecule has 3 atom stereocenters. The molecule has 17 heavy (non-hydrogen) atoms. The summed E-state index contributed by atoms with van der Waals surface area (Å²) in [5.41, 5.74) is 6.00. The molecule has 1 saturated carbocycles. The van der Waals surface area contributed by atoms with E-state index in [1.54, 1.807) is 11.3 Å². The molecule has 1 heterocycles. The normalized spacial score (nSPS) is 26.9. The van der Waals surface area contributed by atoms with Crippen LogP contribution in [0, 0.1) is 5.92 Å². The van der Waals surface area contributed by atoms with E-state index >= 15 is 0 Å². The third kappa shape index (κ3) is 4.05.